The molecule has 0 bridgehead atoms. The van der Waals surface area contributed by atoms with Crippen LogP contribution in [0.4, 0.5) is 0 Å². The van der Waals surface area contributed by atoms with E-state index in [2.05, 4.69) is 18.8 Å². The van der Waals surface area contributed by atoms with Crippen LogP contribution in [0.5, 0.6) is 5.75 Å². The number of benzene rings is 1. The molecule has 5 heteroatoms. The third kappa shape index (κ3) is 3.15. The average molecular weight is 279 g/mol. The second-order valence-electron chi connectivity index (χ2n) is 4.48. The van der Waals surface area contributed by atoms with Crippen LogP contribution in [-0.2, 0) is 6.61 Å². The van der Waals surface area contributed by atoms with Crippen molar-refractivity contribution in [2.24, 2.45) is 0 Å². The van der Waals surface area contributed by atoms with Crippen LogP contribution in [0.1, 0.15) is 35.9 Å². The second kappa shape index (κ2) is 5.89. The molecule has 0 aliphatic heterocycles. The van der Waals surface area contributed by atoms with Crippen LogP contribution < -0.4 is 4.74 Å². The van der Waals surface area contributed by atoms with E-state index >= 15 is 0 Å². The number of carbonyl (C=O) groups excluding carboxylic acids is 1. The van der Waals surface area contributed by atoms with Crippen LogP contribution in [0.15, 0.2) is 30.7 Å². The summed E-state index contributed by atoms with van der Waals surface area (Å²) in [6, 6.07) is 5.29. The van der Waals surface area contributed by atoms with Crippen molar-refractivity contribution in [1.82, 2.24) is 9.55 Å². The first-order chi connectivity index (χ1) is 9.11. The monoisotopic (exact) mass is 278 g/mol. The number of ether oxygens (including phenoxy) is 1. The van der Waals surface area contributed by atoms with Gasteiger partial charge in [-0.2, -0.15) is 0 Å². The van der Waals surface area contributed by atoms with Gasteiger partial charge in [-0.15, -0.1) is 0 Å². The molecule has 0 fully saturated rings. The van der Waals surface area contributed by atoms with E-state index in [4.69, 9.17) is 16.3 Å². The fraction of sp³-hybridized carbons (Fsp3) is 0.286. The Morgan fingerprint density at radius 1 is 1.47 bits per heavy atom. The molecule has 2 rings (SSSR count). The first-order valence-electron chi connectivity index (χ1n) is 6.00. The minimum absolute atomic E-state index is 0.328. The van der Waals surface area contributed by atoms with Crippen LogP contribution in [0.2, 0.25) is 5.02 Å². The topological polar surface area (TPSA) is 44.1 Å². The number of halogens is 1. The summed E-state index contributed by atoms with van der Waals surface area (Å²) in [4.78, 5) is 14.7. The fourth-order valence-corrected chi connectivity index (χ4v) is 2.01. The third-order valence-electron chi connectivity index (χ3n) is 2.77. The molecule has 0 saturated heterocycles. The van der Waals surface area contributed by atoms with E-state index in [1.165, 1.54) is 0 Å². The number of aromatic nitrogens is 2. The lowest BCUT2D eigenvalue weighted by molar-refractivity contribution is 0.112. The van der Waals surface area contributed by atoms with Crippen LogP contribution in [0, 0.1) is 0 Å². The van der Waals surface area contributed by atoms with Gasteiger partial charge in [0.15, 0.2) is 0 Å². The number of hydrogen-bond donors (Lipinski definition) is 0. The Balaban J connectivity index is 2.10. The van der Waals surface area contributed by atoms with Crippen LogP contribution in [-0.4, -0.2) is 15.8 Å². The molecule has 0 saturated carbocycles. The molecule has 0 amide bonds. The normalized spacial score (nSPS) is 10.7. The first-order valence-corrected chi connectivity index (χ1v) is 6.38. The van der Waals surface area contributed by atoms with Gasteiger partial charge in [-0.3, -0.25) is 4.79 Å². The summed E-state index contributed by atoms with van der Waals surface area (Å²) in [5.74, 6) is 0.559. The maximum atomic E-state index is 10.6. The maximum absolute atomic E-state index is 10.6. The minimum atomic E-state index is 0.328. The molecule has 0 aliphatic carbocycles. The van der Waals surface area contributed by atoms with E-state index in [0.717, 1.165) is 12.0 Å². The molecular weight excluding hydrogens is 264 g/mol. The van der Waals surface area contributed by atoms with Gasteiger partial charge >= 0.3 is 0 Å². The second-order valence-corrected chi connectivity index (χ2v) is 4.89. The van der Waals surface area contributed by atoms with E-state index in [9.17, 15) is 4.79 Å². The Morgan fingerprint density at radius 2 is 2.26 bits per heavy atom. The van der Waals surface area contributed by atoms with E-state index < -0.39 is 0 Å². The van der Waals surface area contributed by atoms with Crippen LogP contribution in [0.3, 0.4) is 0 Å². The summed E-state index contributed by atoms with van der Waals surface area (Å²) in [5, 5.41) is 0.431. The zero-order valence-corrected chi connectivity index (χ0v) is 11.6. The lowest BCUT2D eigenvalue weighted by Gasteiger charge is -2.13. The number of aldehydes is 1. The summed E-state index contributed by atoms with van der Waals surface area (Å²) in [5.41, 5.74) is 1.51. The van der Waals surface area contributed by atoms with Gasteiger partial charge in [0.05, 0.1) is 23.2 Å². The van der Waals surface area contributed by atoms with Gasteiger partial charge in [0, 0.05) is 11.6 Å². The van der Waals surface area contributed by atoms with Crippen molar-refractivity contribution in [3.8, 4) is 5.75 Å². The Hall–Kier alpha value is -1.81. The van der Waals surface area contributed by atoms with Gasteiger partial charge in [-0.1, -0.05) is 11.6 Å². The minimum Gasteiger partial charge on any atom is -0.486 e. The number of carbonyl (C=O) groups is 1. The standard InChI is InChI=1S/C14H15ClN2O2/c1-10(2)17-9-16-6-12(17)8-19-14-4-3-11(7-18)5-13(14)15/h3-7,9-10H,8H2,1-2H3. The summed E-state index contributed by atoms with van der Waals surface area (Å²) < 4.78 is 7.70. The Morgan fingerprint density at radius 3 is 2.89 bits per heavy atom. The summed E-state index contributed by atoms with van der Waals surface area (Å²) in [6.07, 6.45) is 4.30. The van der Waals surface area contributed by atoms with Crippen molar-refractivity contribution in [1.29, 1.82) is 0 Å². The van der Waals surface area contributed by atoms with Crippen LogP contribution >= 0.6 is 11.6 Å². The largest absolute Gasteiger partial charge is 0.486 e. The lowest BCUT2D eigenvalue weighted by atomic mass is 10.2. The van der Waals surface area contributed by atoms with Gasteiger partial charge in [0.1, 0.15) is 18.6 Å². The molecule has 19 heavy (non-hydrogen) atoms. The molecule has 0 atom stereocenters. The number of nitrogens with zero attached hydrogens (tertiary/aromatic N) is 2. The molecule has 1 aromatic heterocycles. The van der Waals surface area contributed by atoms with Crippen molar-refractivity contribution in [3.63, 3.8) is 0 Å². The molecule has 2 aromatic rings. The molecule has 0 unspecified atom stereocenters. The van der Waals surface area contributed by atoms with Crippen molar-refractivity contribution < 1.29 is 9.53 Å². The molecular formula is C14H15ClN2O2. The van der Waals surface area contributed by atoms with Gasteiger partial charge < -0.3 is 9.30 Å². The molecule has 0 N–H and O–H groups in total. The smallest absolute Gasteiger partial charge is 0.150 e. The molecule has 0 aliphatic rings. The molecule has 4 nitrogen and oxygen atoms in total. The van der Waals surface area contributed by atoms with Crippen molar-refractivity contribution in [2.45, 2.75) is 26.5 Å². The Labute approximate surface area is 117 Å². The van der Waals surface area contributed by atoms with Gasteiger partial charge in [-0.25, -0.2) is 4.98 Å². The quantitative estimate of drug-likeness (QED) is 0.786. The zero-order valence-electron chi connectivity index (χ0n) is 10.8. The molecule has 100 valence electrons. The summed E-state index contributed by atoms with van der Waals surface area (Å²) in [6.45, 7) is 4.55. The first kappa shape index (κ1) is 13.6. The lowest BCUT2D eigenvalue weighted by Crippen LogP contribution is -2.07. The van der Waals surface area contributed by atoms with Crippen molar-refractivity contribution >= 4 is 17.9 Å². The van der Waals surface area contributed by atoms with Gasteiger partial charge in [0.25, 0.3) is 0 Å². The van der Waals surface area contributed by atoms with E-state index in [-0.39, 0.29) is 0 Å². The molecule has 1 aromatic carbocycles. The van der Waals surface area contributed by atoms with E-state index in [1.54, 1.807) is 30.7 Å². The molecule has 0 spiro atoms. The van der Waals surface area contributed by atoms with Crippen LogP contribution in [0.25, 0.3) is 0 Å². The fourth-order valence-electron chi connectivity index (χ4n) is 1.77. The highest BCUT2D eigenvalue weighted by Crippen LogP contribution is 2.26. The van der Waals surface area contributed by atoms with E-state index in [0.29, 0.717) is 29.0 Å². The predicted molar refractivity (Wildman–Crippen MR) is 73.8 cm³/mol. The zero-order chi connectivity index (χ0) is 13.8. The van der Waals surface area contributed by atoms with Gasteiger partial charge in [0.2, 0.25) is 0 Å². The maximum Gasteiger partial charge on any atom is 0.150 e. The highest BCUT2D eigenvalue weighted by Gasteiger charge is 2.08. The Kier molecular flexibility index (Phi) is 4.22. The van der Waals surface area contributed by atoms with Crippen molar-refractivity contribution in [2.75, 3.05) is 0 Å². The highest BCUT2D eigenvalue weighted by atomic mass is 35.5. The summed E-state index contributed by atoms with van der Waals surface area (Å²) in [7, 11) is 0. The predicted octanol–water partition coefficient (Wildman–Crippen LogP) is 3.51. The SMILES string of the molecule is CC(C)n1cncc1COc1ccc(C=O)cc1Cl. The van der Waals surface area contributed by atoms with E-state index in [1.807, 2.05) is 4.57 Å². The summed E-state index contributed by atoms with van der Waals surface area (Å²) >= 11 is 6.04. The third-order valence-corrected chi connectivity index (χ3v) is 3.07. The van der Waals surface area contributed by atoms with Crippen molar-refractivity contribution in [3.05, 3.63) is 47.0 Å². The number of rotatable bonds is 5. The number of imidazole rings is 1. The average Bonchev–Trinajstić information content (AvgIpc) is 2.85. The number of hydrogen-bond acceptors (Lipinski definition) is 3. The highest BCUT2D eigenvalue weighted by molar-refractivity contribution is 6.32. The Bertz CT molecular complexity index is 579. The van der Waals surface area contributed by atoms with Gasteiger partial charge in [-0.05, 0) is 32.0 Å². The molecule has 0 radical (unpaired) electrons. The molecule has 1 heterocycles.